The molecule has 0 atom stereocenters. The van der Waals surface area contributed by atoms with Crippen LogP contribution in [-0.2, 0) is 13.0 Å². The Morgan fingerprint density at radius 3 is 2.72 bits per heavy atom. The molecule has 1 aliphatic carbocycles. The van der Waals surface area contributed by atoms with Gasteiger partial charge < -0.3 is 15.6 Å². The number of Topliss-reactive ketones (excluding diaryl/α,β-unsaturated/α-hetero) is 1. The standard InChI is InChI=1S/C24H24N2O3/c25-17-6-7-18-15(12-17)4-5-16(18)13-22-23(28)19-8-9-21(27)20(24(19)29-22)14-26-10-2-1-3-11-26/h5-9,12-13,27H,1-4,10-11,14,25H2/b22-13-. The van der Waals surface area contributed by atoms with Gasteiger partial charge >= 0.3 is 0 Å². The minimum absolute atomic E-state index is 0.135. The van der Waals surface area contributed by atoms with Crippen molar-refractivity contribution in [3.05, 3.63) is 70.5 Å². The Hall–Kier alpha value is -3.05. The molecule has 0 radical (unpaired) electrons. The first-order chi connectivity index (χ1) is 14.1. The maximum Gasteiger partial charge on any atom is 0.231 e. The van der Waals surface area contributed by atoms with Gasteiger partial charge in [-0.15, -0.1) is 0 Å². The molecule has 2 aromatic carbocycles. The van der Waals surface area contributed by atoms with Gasteiger partial charge in [0.25, 0.3) is 0 Å². The SMILES string of the molecule is Nc1ccc2c(c1)CC=C2/C=C1\Oc2c(ccc(O)c2CN2CCCCC2)C1=O. The average Bonchev–Trinajstić information content (AvgIpc) is 3.26. The van der Waals surface area contributed by atoms with E-state index in [0.29, 0.717) is 29.2 Å². The van der Waals surface area contributed by atoms with E-state index in [0.717, 1.165) is 41.9 Å². The number of carbonyl (C=O) groups excluding carboxylic acids is 1. The third kappa shape index (κ3) is 3.21. The van der Waals surface area contributed by atoms with Crippen LogP contribution < -0.4 is 10.5 Å². The average molecular weight is 388 g/mol. The van der Waals surface area contributed by atoms with E-state index in [1.807, 2.05) is 24.3 Å². The van der Waals surface area contributed by atoms with Crippen LogP contribution in [0.25, 0.3) is 5.57 Å². The molecule has 0 spiro atoms. The molecule has 2 aromatic rings. The van der Waals surface area contributed by atoms with Crippen molar-refractivity contribution in [3.63, 3.8) is 0 Å². The number of anilines is 1. The van der Waals surface area contributed by atoms with Crippen LogP contribution in [-0.4, -0.2) is 28.9 Å². The molecule has 5 rings (SSSR count). The molecule has 0 aromatic heterocycles. The normalized spacial score (nSPS) is 19.8. The number of piperidine rings is 1. The van der Waals surface area contributed by atoms with Gasteiger partial charge in [0.2, 0.25) is 5.78 Å². The summed E-state index contributed by atoms with van der Waals surface area (Å²) in [5.74, 6) is 0.860. The third-order valence-corrected chi connectivity index (χ3v) is 6.02. The van der Waals surface area contributed by atoms with Crippen LogP contribution in [0.2, 0.25) is 0 Å². The van der Waals surface area contributed by atoms with Crippen molar-refractivity contribution < 1.29 is 14.6 Å². The van der Waals surface area contributed by atoms with E-state index in [-0.39, 0.29) is 11.5 Å². The number of carbonyl (C=O) groups is 1. The Morgan fingerprint density at radius 2 is 1.90 bits per heavy atom. The molecule has 29 heavy (non-hydrogen) atoms. The van der Waals surface area contributed by atoms with Crippen molar-refractivity contribution in [2.24, 2.45) is 0 Å². The minimum Gasteiger partial charge on any atom is -0.507 e. The molecule has 0 unspecified atom stereocenters. The summed E-state index contributed by atoms with van der Waals surface area (Å²) in [4.78, 5) is 15.3. The zero-order valence-electron chi connectivity index (χ0n) is 16.3. The summed E-state index contributed by atoms with van der Waals surface area (Å²) in [6.07, 6.45) is 8.27. The fraction of sp³-hybridized carbons (Fsp3) is 0.292. The van der Waals surface area contributed by atoms with Crippen molar-refractivity contribution in [1.29, 1.82) is 0 Å². The lowest BCUT2D eigenvalue weighted by molar-refractivity contribution is 0.101. The maximum atomic E-state index is 13.0. The number of rotatable bonds is 3. The maximum absolute atomic E-state index is 13.0. The highest BCUT2D eigenvalue weighted by Gasteiger charge is 2.32. The molecule has 1 saturated heterocycles. The first-order valence-corrected chi connectivity index (χ1v) is 10.2. The second kappa shape index (κ2) is 7.08. The fourth-order valence-electron chi connectivity index (χ4n) is 4.46. The first-order valence-electron chi connectivity index (χ1n) is 10.2. The van der Waals surface area contributed by atoms with E-state index in [1.165, 1.54) is 19.3 Å². The molecular weight excluding hydrogens is 364 g/mol. The van der Waals surface area contributed by atoms with Gasteiger partial charge in [0, 0.05) is 12.2 Å². The molecule has 2 heterocycles. The number of nitrogens with two attached hydrogens (primary N) is 1. The largest absolute Gasteiger partial charge is 0.507 e. The van der Waals surface area contributed by atoms with Crippen molar-refractivity contribution in [3.8, 4) is 11.5 Å². The molecule has 1 fully saturated rings. The van der Waals surface area contributed by atoms with E-state index in [1.54, 1.807) is 12.1 Å². The predicted octanol–water partition coefficient (Wildman–Crippen LogP) is 4.06. The molecule has 5 heteroatoms. The fourth-order valence-corrected chi connectivity index (χ4v) is 4.46. The Bertz CT molecular complexity index is 1060. The number of aromatic hydroxyl groups is 1. The number of fused-ring (bicyclic) bond motifs is 2. The number of nitrogen functional groups attached to an aromatic ring is 1. The molecule has 0 bridgehead atoms. The van der Waals surface area contributed by atoms with Crippen molar-refractivity contribution >= 4 is 17.0 Å². The first kappa shape index (κ1) is 18.0. The molecule has 2 aliphatic heterocycles. The summed E-state index contributed by atoms with van der Waals surface area (Å²) in [5.41, 5.74) is 11.1. The van der Waals surface area contributed by atoms with Crippen LogP contribution in [0.4, 0.5) is 5.69 Å². The number of nitrogens with zero attached hydrogens (tertiary/aromatic N) is 1. The van der Waals surface area contributed by atoms with Gasteiger partial charge in [0.05, 0.1) is 11.1 Å². The van der Waals surface area contributed by atoms with E-state index < -0.39 is 0 Å². The molecule has 5 nitrogen and oxygen atoms in total. The van der Waals surface area contributed by atoms with Crippen LogP contribution in [0.15, 0.2) is 48.2 Å². The van der Waals surface area contributed by atoms with Crippen LogP contribution >= 0.6 is 0 Å². The predicted molar refractivity (Wildman–Crippen MR) is 113 cm³/mol. The number of benzene rings is 2. The van der Waals surface area contributed by atoms with Crippen LogP contribution in [0.5, 0.6) is 11.5 Å². The highest BCUT2D eigenvalue weighted by molar-refractivity contribution is 6.14. The summed E-state index contributed by atoms with van der Waals surface area (Å²) in [6, 6.07) is 9.09. The van der Waals surface area contributed by atoms with Gasteiger partial charge in [-0.05, 0) is 79.4 Å². The van der Waals surface area contributed by atoms with E-state index in [2.05, 4.69) is 11.0 Å². The zero-order chi connectivity index (χ0) is 20.0. The second-order valence-electron chi connectivity index (χ2n) is 8.00. The van der Waals surface area contributed by atoms with Crippen LogP contribution in [0.3, 0.4) is 0 Å². The van der Waals surface area contributed by atoms with Gasteiger partial charge in [-0.25, -0.2) is 0 Å². The van der Waals surface area contributed by atoms with Gasteiger partial charge in [0.15, 0.2) is 5.76 Å². The lowest BCUT2D eigenvalue weighted by Gasteiger charge is -2.27. The van der Waals surface area contributed by atoms with Gasteiger partial charge in [-0.1, -0.05) is 18.6 Å². The smallest absolute Gasteiger partial charge is 0.231 e. The second-order valence-corrected chi connectivity index (χ2v) is 8.00. The minimum atomic E-state index is -0.135. The number of ketones is 1. The highest BCUT2D eigenvalue weighted by atomic mass is 16.5. The quantitative estimate of drug-likeness (QED) is 0.613. The van der Waals surface area contributed by atoms with Crippen LogP contribution in [0, 0.1) is 0 Å². The zero-order valence-corrected chi connectivity index (χ0v) is 16.3. The number of phenolic OH excluding ortho intramolecular Hbond substituents is 1. The Balaban J connectivity index is 1.45. The molecule has 3 N–H and O–H groups in total. The van der Waals surface area contributed by atoms with E-state index in [9.17, 15) is 9.90 Å². The van der Waals surface area contributed by atoms with Gasteiger partial charge in [0.1, 0.15) is 11.5 Å². The molecule has 0 amide bonds. The Kier molecular flexibility index (Phi) is 4.40. The summed E-state index contributed by atoms with van der Waals surface area (Å²) in [5, 5.41) is 10.5. The summed E-state index contributed by atoms with van der Waals surface area (Å²) >= 11 is 0. The molecule has 0 saturated carbocycles. The summed E-state index contributed by atoms with van der Waals surface area (Å²) in [6.45, 7) is 2.61. The molecule has 148 valence electrons. The van der Waals surface area contributed by atoms with Crippen molar-refractivity contribution in [2.75, 3.05) is 18.8 Å². The lowest BCUT2D eigenvalue weighted by atomic mass is 10.0. The number of ether oxygens (including phenoxy) is 1. The molecular formula is C24H24N2O3. The van der Waals surface area contributed by atoms with E-state index in [4.69, 9.17) is 10.5 Å². The molecule has 3 aliphatic rings. The number of hydrogen-bond acceptors (Lipinski definition) is 5. The summed E-state index contributed by atoms with van der Waals surface area (Å²) in [7, 11) is 0. The summed E-state index contributed by atoms with van der Waals surface area (Å²) < 4.78 is 6.03. The number of phenols is 1. The highest BCUT2D eigenvalue weighted by Crippen LogP contribution is 2.41. The Labute approximate surface area is 170 Å². The number of allylic oxidation sites excluding steroid dienone is 4. The van der Waals surface area contributed by atoms with E-state index >= 15 is 0 Å². The monoisotopic (exact) mass is 388 g/mol. The lowest BCUT2D eigenvalue weighted by Crippen LogP contribution is -2.29. The van der Waals surface area contributed by atoms with Crippen LogP contribution in [0.1, 0.15) is 46.3 Å². The van der Waals surface area contributed by atoms with Crippen molar-refractivity contribution in [1.82, 2.24) is 4.90 Å². The van der Waals surface area contributed by atoms with Crippen molar-refractivity contribution in [2.45, 2.75) is 32.2 Å². The Morgan fingerprint density at radius 1 is 1.10 bits per heavy atom. The van der Waals surface area contributed by atoms with Gasteiger partial charge in [-0.2, -0.15) is 0 Å². The van der Waals surface area contributed by atoms with Gasteiger partial charge in [-0.3, -0.25) is 9.69 Å². The number of hydrogen-bond donors (Lipinski definition) is 2. The third-order valence-electron chi connectivity index (χ3n) is 6.02. The number of likely N-dealkylation sites (tertiary alicyclic amines) is 1. The topological polar surface area (TPSA) is 75.8 Å².